The van der Waals surface area contributed by atoms with Crippen molar-refractivity contribution in [2.45, 2.75) is 38.8 Å². The maximum Gasteiger partial charge on any atom is 0.410 e. The Labute approximate surface area is 152 Å². The number of aromatic carboxylic acids is 1. The van der Waals surface area contributed by atoms with Crippen LogP contribution in [0.5, 0.6) is 0 Å². The standard InChI is InChI=1S/C18H25N3O5/c1-18(2,3)26-17(25)21-8-7-12(10-21)20(4)14-9-11(16(23)24)5-6-13(14)15(19)22/h5-6,9,12H,7-8,10H2,1-4H3,(H2,19,22)(H,23,24)/t12-/m1/s1. The lowest BCUT2D eigenvalue weighted by Crippen LogP contribution is -2.39. The highest BCUT2D eigenvalue weighted by atomic mass is 16.6. The fourth-order valence-electron chi connectivity index (χ4n) is 2.91. The number of nitrogens with two attached hydrogens (primary N) is 1. The summed E-state index contributed by atoms with van der Waals surface area (Å²) in [6, 6.07) is 4.11. The summed E-state index contributed by atoms with van der Waals surface area (Å²) in [5.41, 5.74) is 5.60. The summed E-state index contributed by atoms with van der Waals surface area (Å²) in [6.07, 6.45) is 0.286. The fraction of sp³-hybridized carbons (Fsp3) is 0.500. The largest absolute Gasteiger partial charge is 0.478 e. The van der Waals surface area contributed by atoms with Crippen LogP contribution >= 0.6 is 0 Å². The molecule has 1 heterocycles. The molecule has 8 nitrogen and oxygen atoms in total. The third-order valence-corrected chi connectivity index (χ3v) is 4.25. The highest BCUT2D eigenvalue weighted by Gasteiger charge is 2.33. The van der Waals surface area contributed by atoms with E-state index in [1.165, 1.54) is 18.2 Å². The number of likely N-dealkylation sites (N-methyl/N-ethyl adjacent to an activating group) is 1. The van der Waals surface area contributed by atoms with Gasteiger partial charge in [0.25, 0.3) is 5.91 Å². The summed E-state index contributed by atoms with van der Waals surface area (Å²) >= 11 is 0. The summed E-state index contributed by atoms with van der Waals surface area (Å²) in [4.78, 5) is 38.6. The molecular formula is C18H25N3O5. The van der Waals surface area contributed by atoms with Crippen LogP contribution in [-0.2, 0) is 4.74 Å². The maximum absolute atomic E-state index is 12.2. The minimum Gasteiger partial charge on any atom is -0.478 e. The zero-order chi connectivity index (χ0) is 19.6. The Kier molecular flexibility index (Phi) is 5.44. The molecular weight excluding hydrogens is 338 g/mol. The van der Waals surface area contributed by atoms with E-state index in [-0.39, 0.29) is 23.3 Å². The van der Waals surface area contributed by atoms with E-state index >= 15 is 0 Å². The third-order valence-electron chi connectivity index (χ3n) is 4.25. The van der Waals surface area contributed by atoms with E-state index in [0.717, 1.165) is 0 Å². The van der Waals surface area contributed by atoms with Gasteiger partial charge in [-0.1, -0.05) is 0 Å². The first-order chi connectivity index (χ1) is 12.0. The zero-order valence-corrected chi connectivity index (χ0v) is 15.5. The number of anilines is 1. The van der Waals surface area contributed by atoms with Gasteiger partial charge in [-0.3, -0.25) is 4.79 Å². The summed E-state index contributed by atoms with van der Waals surface area (Å²) in [6.45, 7) is 6.36. The SMILES string of the molecule is CN(c1cc(C(=O)O)ccc1C(N)=O)[C@@H]1CCN(C(=O)OC(C)(C)C)C1. The molecule has 0 bridgehead atoms. The van der Waals surface area contributed by atoms with E-state index in [1.807, 2.05) is 0 Å². The van der Waals surface area contributed by atoms with Crippen LogP contribution in [0.2, 0.25) is 0 Å². The van der Waals surface area contributed by atoms with Gasteiger partial charge in [0.05, 0.1) is 16.8 Å². The number of benzene rings is 1. The summed E-state index contributed by atoms with van der Waals surface area (Å²) < 4.78 is 5.38. The number of carbonyl (C=O) groups is 3. The van der Waals surface area contributed by atoms with Crippen LogP contribution in [-0.4, -0.2) is 59.8 Å². The van der Waals surface area contributed by atoms with E-state index in [2.05, 4.69) is 0 Å². The number of rotatable bonds is 4. The third kappa shape index (κ3) is 4.44. The number of carboxylic acid groups (broad SMARTS) is 1. The molecule has 2 amide bonds. The molecule has 1 fully saturated rings. The van der Waals surface area contributed by atoms with E-state index in [0.29, 0.717) is 25.2 Å². The Hall–Kier alpha value is -2.77. The van der Waals surface area contributed by atoms with E-state index in [4.69, 9.17) is 10.5 Å². The van der Waals surface area contributed by atoms with Crippen molar-refractivity contribution in [2.24, 2.45) is 5.73 Å². The second-order valence-electron chi connectivity index (χ2n) is 7.38. The van der Waals surface area contributed by atoms with E-state index in [9.17, 15) is 19.5 Å². The number of hydrogen-bond acceptors (Lipinski definition) is 5. The molecule has 0 spiro atoms. The number of nitrogens with zero attached hydrogens (tertiary/aromatic N) is 2. The lowest BCUT2D eigenvalue weighted by molar-refractivity contribution is 0.0292. The number of likely N-dealkylation sites (tertiary alicyclic amines) is 1. The van der Waals surface area contributed by atoms with Gasteiger partial charge < -0.3 is 25.4 Å². The van der Waals surface area contributed by atoms with Gasteiger partial charge in [0.15, 0.2) is 0 Å². The minimum atomic E-state index is -1.09. The number of primary amides is 1. The van der Waals surface area contributed by atoms with Crippen molar-refractivity contribution in [3.05, 3.63) is 29.3 Å². The van der Waals surface area contributed by atoms with Gasteiger partial charge in [-0.2, -0.15) is 0 Å². The molecule has 0 unspecified atom stereocenters. The van der Waals surface area contributed by atoms with Crippen molar-refractivity contribution >= 4 is 23.7 Å². The first-order valence-corrected chi connectivity index (χ1v) is 8.37. The number of carboxylic acids is 1. The van der Waals surface area contributed by atoms with E-state index in [1.54, 1.807) is 37.6 Å². The highest BCUT2D eigenvalue weighted by Crippen LogP contribution is 2.27. The second kappa shape index (κ2) is 7.23. The topological polar surface area (TPSA) is 113 Å². The van der Waals surface area contributed by atoms with Gasteiger partial charge in [-0.15, -0.1) is 0 Å². The fourth-order valence-corrected chi connectivity index (χ4v) is 2.91. The molecule has 0 radical (unpaired) electrons. The molecule has 0 aliphatic carbocycles. The zero-order valence-electron chi connectivity index (χ0n) is 15.5. The monoisotopic (exact) mass is 363 g/mol. The van der Waals surface area contributed by atoms with Gasteiger partial charge in [0.2, 0.25) is 0 Å². The number of amides is 2. The van der Waals surface area contributed by atoms with Crippen LogP contribution in [0.25, 0.3) is 0 Å². The van der Waals surface area contributed by atoms with Crippen molar-refractivity contribution < 1.29 is 24.2 Å². The maximum atomic E-state index is 12.2. The first kappa shape index (κ1) is 19.6. The molecule has 8 heteroatoms. The van der Waals surface area contributed by atoms with Crippen molar-refractivity contribution in [3.8, 4) is 0 Å². The van der Waals surface area contributed by atoms with Gasteiger partial charge in [-0.05, 0) is 45.4 Å². The average molecular weight is 363 g/mol. The molecule has 0 aromatic heterocycles. The van der Waals surface area contributed by atoms with Crippen molar-refractivity contribution in [3.63, 3.8) is 0 Å². The smallest absolute Gasteiger partial charge is 0.410 e. The molecule has 1 aromatic rings. The van der Waals surface area contributed by atoms with Crippen LogP contribution in [0.3, 0.4) is 0 Å². The molecule has 1 saturated heterocycles. The van der Waals surface area contributed by atoms with Gasteiger partial charge >= 0.3 is 12.1 Å². The van der Waals surface area contributed by atoms with Crippen LogP contribution in [0, 0.1) is 0 Å². The predicted octanol–water partition coefficient (Wildman–Crippen LogP) is 1.93. The highest BCUT2D eigenvalue weighted by molar-refractivity contribution is 6.00. The van der Waals surface area contributed by atoms with Crippen LogP contribution in [0.4, 0.5) is 10.5 Å². The Bertz CT molecular complexity index is 726. The minimum absolute atomic E-state index is 0.0684. The molecule has 1 atom stereocenters. The van der Waals surface area contributed by atoms with Crippen LogP contribution in [0.15, 0.2) is 18.2 Å². The van der Waals surface area contributed by atoms with E-state index < -0.39 is 17.5 Å². The van der Waals surface area contributed by atoms with Gasteiger partial charge in [0, 0.05) is 26.2 Å². The van der Waals surface area contributed by atoms with Crippen molar-refractivity contribution in [2.75, 3.05) is 25.0 Å². The summed E-state index contributed by atoms with van der Waals surface area (Å²) in [7, 11) is 1.76. The molecule has 0 saturated carbocycles. The van der Waals surface area contributed by atoms with Crippen molar-refractivity contribution in [1.29, 1.82) is 0 Å². The Morgan fingerprint density at radius 1 is 1.31 bits per heavy atom. The quantitative estimate of drug-likeness (QED) is 0.845. The van der Waals surface area contributed by atoms with Crippen LogP contribution in [0.1, 0.15) is 47.9 Å². The number of carbonyl (C=O) groups excluding carboxylic acids is 2. The lowest BCUT2D eigenvalue weighted by atomic mass is 10.1. The predicted molar refractivity (Wildman–Crippen MR) is 96.5 cm³/mol. The second-order valence-corrected chi connectivity index (χ2v) is 7.38. The molecule has 26 heavy (non-hydrogen) atoms. The van der Waals surface area contributed by atoms with Crippen LogP contribution < -0.4 is 10.6 Å². The average Bonchev–Trinajstić information content (AvgIpc) is 3.01. The van der Waals surface area contributed by atoms with Gasteiger partial charge in [-0.25, -0.2) is 9.59 Å². The van der Waals surface area contributed by atoms with Crippen molar-refractivity contribution in [1.82, 2.24) is 4.90 Å². The summed E-state index contributed by atoms with van der Waals surface area (Å²) in [5.74, 6) is -1.72. The first-order valence-electron chi connectivity index (χ1n) is 8.37. The Balaban J connectivity index is 2.20. The number of hydrogen-bond donors (Lipinski definition) is 2. The molecule has 1 aliphatic rings. The molecule has 2 rings (SSSR count). The molecule has 1 aromatic carbocycles. The molecule has 1 aliphatic heterocycles. The Morgan fingerprint density at radius 2 is 1.96 bits per heavy atom. The molecule has 3 N–H and O–H groups in total. The Morgan fingerprint density at radius 3 is 2.50 bits per heavy atom. The number of ether oxygens (including phenoxy) is 1. The summed E-state index contributed by atoms with van der Waals surface area (Å²) in [5, 5.41) is 9.20. The van der Waals surface area contributed by atoms with Gasteiger partial charge in [0.1, 0.15) is 5.60 Å². The normalized spacial score (nSPS) is 17.1. The molecule has 142 valence electrons. The lowest BCUT2D eigenvalue weighted by Gasteiger charge is -2.29.